The third-order valence-electron chi connectivity index (χ3n) is 3.53. The van der Waals surface area contributed by atoms with E-state index in [9.17, 15) is 0 Å². The van der Waals surface area contributed by atoms with E-state index >= 15 is 0 Å². The van der Waals surface area contributed by atoms with E-state index in [-0.39, 0.29) is 0 Å². The molecule has 108 valence electrons. The average Bonchev–Trinajstić information content (AvgIpc) is 2.56. The molecule has 1 nitrogen and oxygen atoms in total. The Labute approximate surface area is 124 Å². The Morgan fingerprint density at radius 3 is 1.45 bits per heavy atom. The van der Waals surface area contributed by atoms with Crippen LogP contribution in [0.4, 0.5) is 11.4 Å². The molecule has 20 heavy (non-hydrogen) atoms. The van der Waals surface area contributed by atoms with E-state index in [4.69, 9.17) is 0 Å². The molecule has 0 radical (unpaired) electrons. The second kappa shape index (κ2) is 7.74. The Balaban J connectivity index is 0.000000461. The van der Waals surface area contributed by atoms with Crippen molar-refractivity contribution in [3.8, 4) is 0 Å². The zero-order valence-electron chi connectivity index (χ0n) is 13.6. The summed E-state index contributed by atoms with van der Waals surface area (Å²) in [6.07, 6.45) is 0. The zero-order valence-corrected chi connectivity index (χ0v) is 13.6. The molecule has 0 aromatic heterocycles. The Kier molecular flexibility index (Phi) is 6.30. The molecule has 1 heteroatoms. The Hall–Kier alpha value is -1.76. The summed E-state index contributed by atoms with van der Waals surface area (Å²) >= 11 is 0. The summed E-state index contributed by atoms with van der Waals surface area (Å²) < 4.78 is 0. The largest absolute Gasteiger partial charge is 0.344 e. The number of hydrogen-bond acceptors (Lipinski definition) is 1. The smallest absolute Gasteiger partial charge is 0.0446 e. The molecule has 1 aliphatic heterocycles. The van der Waals surface area contributed by atoms with Gasteiger partial charge in [0.25, 0.3) is 0 Å². The molecule has 0 bridgehead atoms. The topological polar surface area (TPSA) is 3.24 Å². The molecule has 0 N–H and O–H groups in total. The first-order valence-corrected chi connectivity index (χ1v) is 7.70. The van der Waals surface area contributed by atoms with E-state index < -0.39 is 0 Å². The SMILES string of the molecule is CC.CC.CC1c2ccccc2N(C)c2ccccc21. The molecule has 0 atom stereocenters. The fourth-order valence-corrected chi connectivity index (χ4v) is 2.62. The fourth-order valence-electron chi connectivity index (χ4n) is 2.62. The van der Waals surface area contributed by atoms with Crippen LogP contribution >= 0.6 is 0 Å². The van der Waals surface area contributed by atoms with Crippen LogP contribution in [-0.2, 0) is 0 Å². The predicted octanol–water partition coefficient (Wildman–Crippen LogP) is 5.97. The lowest BCUT2D eigenvalue weighted by molar-refractivity contribution is 0.882. The normalized spacial score (nSPS) is 12.2. The van der Waals surface area contributed by atoms with Crippen LogP contribution in [0.25, 0.3) is 0 Å². The molecule has 2 aromatic carbocycles. The number of rotatable bonds is 0. The van der Waals surface area contributed by atoms with Crippen LogP contribution in [0.2, 0.25) is 0 Å². The minimum atomic E-state index is 0.489. The highest BCUT2D eigenvalue weighted by Gasteiger charge is 2.24. The van der Waals surface area contributed by atoms with Crippen molar-refractivity contribution in [2.75, 3.05) is 11.9 Å². The minimum Gasteiger partial charge on any atom is -0.344 e. The molecule has 2 aromatic rings. The van der Waals surface area contributed by atoms with Gasteiger partial charge in [-0.2, -0.15) is 0 Å². The molecular formula is C19H27N. The fraction of sp³-hybridized carbons (Fsp3) is 0.368. The molecule has 1 heterocycles. The highest BCUT2D eigenvalue weighted by Crippen LogP contribution is 2.43. The van der Waals surface area contributed by atoms with Crippen molar-refractivity contribution in [1.82, 2.24) is 0 Å². The number of hydrogen-bond donors (Lipinski definition) is 0. The van der Waals surface area contributed by atoms with Crippen LogP contribution in [-0.4, -0.2) is 7.05 Å². The molecule has 0 aliphatic carbocycles. The first-order chi connectivity index (χ1) is 9.79. The summed E-state index contributed by atoms with van der Waals surface area (Å²) in [6, 6.07) is 17.3. The average molecular weight is 269 g/mol. The Morgan fingerprint density at radius 1 is 0.700 bits per heavy atom. The van der Waals surface area contributed by atoms with Gasteiger partial charge in [0.2, 0.25) is 0 Å². The molecule has 0 saturated heterocycles. The number of nitrogens with zero attached hydrogens (tertiary/aromatic N) is 1. The van der Waals surface area contributed by atoms with Gasteiger partial charge in [-0.25, -0.2) is 0 Å². The molecule has 0 amide bonds. The summed E-state index contributed by atoms with van der Waals surface area (Å²) in [6.45, 7) is 10.3. The number of fused-ring (bicyclic) bond motifs is 2. The highest BCUT2D eigenvalue weighted by atomic mass is 15.1. The van der Waals surface area contributed by atoms with Crippen molar-refractivity contribution in [2.45, 2.75) is 40.5 Å². The molecule has 0 spiro atoms. The first-order valence-electron chi connectivity index (χ1n) is 7.70. The molecule has 1 aliphatic rings. The van der Waals surface area contributed by atoms with Crippen molar-refractivity contribution in [3.63, 3.8) is 0 Å². The standard InChI is InChI=1S/C15H15N.2C2H6/c1-11-12-7-3-5-9-14(12)16(2)15-10-6-4-8-13(11)15;2*1-2/h3-11H,1-2H3;2*1-2H3. The van der Waals surface area contributed by atoms with Gasteiger partial charge in [-0.05, 0) is 23.3 Å². The van der Waals surface area contributed by atoms with Crippen LogP contribution in [0, 0.1) is 0 Å². The maximum Gasteiger partial charge on any atom is 0.0446 e. The van der Waals surface area contributed by atoms with Gasteiger partial charge in [-0.15, -0.1) is 0 Å². The molecule has 3 rings (SSSR count). The van der Waals surface area contributed by atoms with Crippen molar-refractivity contribution in [1.29, 1.82) is 0 Å². The number of anilines is 2. The lowest BCUT2D eigenvalue weighted by atomic mass is 9.86. The van der Waals surface area contributed by atoms with Gasteiger partial charge in [0.05, 0.1) is 0 Å². The minimum absolute atomic E-state index is 0.489. The van der Waals surface area contributed by atoms with Gasteiger partial charge in [0.15, 0.2) is 0 Å². The van der Waals surface area contributed by atoms with E-state index in [0.717, 1.165) is 0 Å². The molecule has 0 saturated carbocycles. The summed E-state index contributed by atoms with van der Waals surface area (Å²) in [5.74, 6) is 0.489. The number of para-hydroxylation sites is 2. The van der Waals surface area contributed by atoms with Crippen LogP contribution in [0.3, 0.4) is 0 Å². The van der Waals surface area contributed by atoms with Gasteiger partial charge >= 0.3 is 0 Å². The van der Waals surface area contributed by atoms with Crippen molar-refractivity contribution in [3.05, 3.63) is 59.7 Å². The van der Waals surface area contributed by atoms with Crippen molar-refractivity contribution < 1.29 is 0 Å². The third kappa shape index (κ3) is 2.87. The van der Waals surface area contributed by atoms with Gasteiger partial charge in [-0.3, -0.25) is 0 Å². The maximum absolute atomic E-state index is 2.28. The lowest BCUT2D eigenvalue weighted by Crippen LogP contribution is -2.20. The molecule has 0 unspecified atom stereocenters. The first kappa shape index (κ1) is 16.3. The second-order valence-electron chi connectivity index (χ2n) is 4.40. The monoisotopic (exact) mass is 269 g/mol. The quantitative estimate of drug-likeness (QED) is 0.569. The summed E-state index contributed by atoms with van der Waals surface area (Å²) in [5.41, 5.74) is 5.50. The second-order valence-corrected chi connectivity index (χ2v) is 4.40. The summed E-state index contributed by atoms with van der Waals surface area (Å²) in [7, 11) is 2.14. The van der Waals surface area contributed by atoms with E-state index in [1.807, 2.05) is 27.7 Å². The third-order valence-corrected chi connectivity index (χ3v) is 3.53. The van der Waals surface area contributed by atoms with Crippen molar-refractivity contribution >= 4 is 11.4 Å². The summed E-state index contributed by atoms with van der Waals surface area (Å²) in [5, 5.41) is 0. The van der Waals surface area contributed by atoms with E-state index in [1.54, 1.807) is 0 Å². The van der Waals surface area contributed by atoms with E-state index in [0.29, 0.717) is 5.92 Å². The van der Waals surface area contributed by atoms with Crippen LogP contribution in [0.1, 0.15) is 51.7 Å². The Morgan fingerprint density at radius 2 is 1.05 bits per heavy atom. The number of benzene rings is 2. The predicted molar refractivity (Wildman–Crippen MR) is 91.2 cm³/mol. The van der Waals surface area contributed by atoms with Crippen LogP contribution < -0.4 is 4.90 Å². The lowest BCUT2D eigenvalue weighted by Gasteiger charge is -2.33. The van der Waals surface area contributed by atoms with E-state index in [2.05, 4.69) is 67.4 Å². The maximum atomic E-state index is 2.28. The van der Waals surface area contributed by atoms with Gasteiger partial charge < -0.3 is 4.90 Å². The van der Waals surface area contributed by atoms with Gasteiger partial charge in [0.1, 0.15) is 0 Å². The van der Waals surface area contributed by atoms with Gasteiger partial charge in [-0.1, -0.05) is 71.0 Å². The summed E-state index contributed by atoms with van der Waals surface area (Å²) in [4.78, 5) is 2.28. The molecular weight excluding hydrogens is 242 g/mol. The van der Waals surface area contributed by atoms with Crippen LogP contribution in [0.5, 0.6) is 0 Å². The van der Waals surface area contributed by atoms with Crippen molar-refractivity contribution in [2.24, 2.45) is 0 Å². The van der Waals surface area contributed by atoms with Gasteiger partial charge in [0, 0.05) is 24.3 Å². The molecule has 0 fully saturated rings. The van der Waals surface area contributed by atoms with E-state index in [1.165, 1.54) is 22.5 Å². The van der Waals surface area contributed by atoms with Crippen LogP contribution in [0.15, 0.2) is 48.5 Å². The highest BCUT2D eigenvalue weighted by molar-refractivity contribution is 5.75. The Bertz CT molecular complexity index is 435. The zero-order chi connectivity index (χ0) is 15.1.